The van der Waals surface area contributed by atoms with Crippen LogP contribution in [0.3, 0.4) is 0 Å². The molecule has 0 radical (unpaired) electrons. The maximum atomic E-state index is 13.4. The molecule has 0 spiro atoms. The number of nitrogens with one attached hydrogen (secondary N) is 1. The number of nitrogens with zero attached hydrogens (tertiary/aromatic N) is 2. The number of sulfonamides is 1. The average molecular weight is 382 g/mol. The van der Waals surface area contributed by atoms with Gasteiger partial charge in [-0.2, -0.15) is 13.2 Å². The molecule has 3 aromatic rings. The van der Waals surface area contributed by atoms with Gasteiger partial charge < -0.3 is 4.98 Å². The SMILES string of the molecule is Cc1ccc(-c2nc(-c3ccc(S(N)(=O)=O)cc3)c(C(F)(F)F)[nH]2)cn1. The van der Waals surface area contributed by atoms with Gasteiger partial charge in [-0.1, -0.05) is 12.1 Å². The summed E-state index contributed by atoms with van der Waals surface area (Å²) >= 11 is 0. The summed E-state index contributed by atoms with van der Waals surface area (Å²) in [4.78, 5) is 10.2. The fourth-order valence-electron chi connectivity index (χ4n) is 2.33. The molecule has 0 fully saturated rings. The Morgan fingerprint density at radius 1 is 1.04 bits per heavy atom. The summed E-state index contributed by atoms with van der Waals surface area (Å²) in [6.07, 6.45) is -3.25. The first-order valence-electron chi connectivity index (χ1n) is 7.29. The molecule has 10 heteroatoms. The molecule has 0 amide bonds. The number of rotatable bonds is 3. The van der Waals surface area contributed by atoms with Gasteiger partial charge in [0, 0.05) is 23.0 Å². The van der Waals surface area contributed by atoms with E-state index in [-0.39, 0.29) is 22.0 Å². The first-order chi connectivity index (χ1) is 12.1. The zero-order chi connectivity index (χ0) is 19.1. The fraction of sp³-hybridized carbons (Fsp3) is 0.125. The number of hydrogen-bond donors (Lipinski definition) is 2. The quantitative estimate of drug-likeness (QED) is 0.727. The minimum Gasteiger partial charge on any atom is -0.334 e. The number of hydrogen-bond acceptors (Lipinski definition) is 4. The lowest BCUT2D eigenvalue weighted by atomic mass is 10.1. The van der Waals surface area contributed by atoms with Crippen molar-refractivity contribution >= 4 is 10.0 Å². The van der Waals surface area contributed by atoms with Crippen molar-refractivity contribution in [1.82, 2.24) is 15.0 Å². The molecule has 0 aliphatic heterocycles. The number of primary sulfonamides is 1. The van der Waals surface area contributed by atoms with Gasteiger partial charge in [-0.15, -0.1) is 0 Å². The van der Waals surface area contributed by atoms with Gasteiger partial charge in [0.25, 0.3) is 0 Å². The Labute approximate surface area is 147 Å². The smallest absolute Gasteiger partial charge is 0.334 e. The third-order valence-electron chi connectivity index (χ3n) is 3.63. The molecule has 26 heavy (non-hydrogen) atoms. The van der Waals surface area contributed by atoms with Crippen molar-refractivity contribution in [2.75, 3.05) is 0 Å². The molecule has 0 aliphatic carbocycles. The summed E-state index contributed by atoms with van der Waals surface area (Å²) in [5.74, 6) is 0.00958. The highest BCUT2D eigenvalue weighted by atomic mass is 32.2. The van der Waals surface area contributed by atoms with Crippen molar-refractivity contribution in [1.29, 1.82) is 0 Å². The molecule has 0 saturated heterocycles. The van der Waals surface area contributed by atoms with Gasteiger partial charge in [-0.3, -0.25) is 4.98 Å². The Hall–Kier alpha value is -2.72. The number of nitrogens with two attached hydrogens (primary N) is 1. The largest absolute Gasteiger partial charge is 0.433 e. The molecule has 1 aromatic carbocycles. The van der Waals surface area contributed by atoms with Crippen LogP contribution in [0.5, 0.6) is 0 Å². The van der Waals surface area contributed by atoms with E-state index in [2.05, 4.69) is 15.0 Å². The monoisotopic (exact) mass is 382 g/mol. The number of pyridine rings is 1. The zero-order valence-electron chi connectivity index (χ0n) is 13.4. The van der Waals surface area contributed by atoms with Gasteiger partial charge in [0.15, 0.2) is 0 Å². The lowest BCUT2D eigenvalue weighted by molar-refractivity contribution is -0.140. The number of halogens is 3. The summed E-state index contributed by atoms with van der Waals surface area (Å²) in [6, 6.07) is 7.98. The molecule has 6 nitrogen and oxygen atoms in total. The van der Waals surface area contributed by atoms with Crippen LogP contribution in [0.25, 0.3) is 22.6 Å². The minimum absolute atomic E-state index is 0.00958. The molecule has 0 bridgehead atoms. The summed E-state index contributed by atoms with van der Waals surface area (Å²) < 4.78 is 62.8. The van der Waals surface area contributed by atoms with Crippen LogP contribution in [0.4, 0.5) is 13.2 Å². The van der Waals surface area contributed by atoms with Crippen LogP contribution in [-0.2, 0) is 16.2 Å². The van der Waals surface area contributed by atoms with Crippen LogP contribution < -0.4 is 5.14 Å². The highest BCUT2D eigenvalue weighted by molar-refractivity contribution is 7.89. The van der Waals surface area contributed by atoms with Crippen LogP contribution in [0.15, 0.2) is 47.5 Å². The number of benzene rings is 1. The second-order valence-corrected chi connectivity index (χ2v) is 7.13. The predicted molar refractivity (Wildman–Crippen MR) is 88.4 cm³/mol. The highest BCUT2D eigenvalue weighted by Crippen LogP contribution is 2.37. The first-order valence-corrected chi connectivity index (χ1v) is 8.84. The summed E-state index contributed by atoms with van der Waals surface area (Å²) in [5, 5.41) is 5.00. The number of aromatic nitrogens is 3. The first kappa shape index (κ1) is 18.1. The molecular weight excluding hydrogens is 369 g/mol. The molecular formula is C16H13F3N4O2S. The van der Waals surface area contributed by atoms with E-state index in [0.717, 1.165) is 17.8 Å². The Bertz CT molecular complexity index is 1040. The predicted octanol–water partition coefficient (Wildman–Crippen LogP) is 3.11. The van der Waals surface area contributed by atoms with Crippen molar-refractivity contribution in [2.45, 2.75) is 18.0 Å². The van der Waals surface area contributed by atoms with Crippen molar-refractivity contribution in [2.24, 2.45) is 5.14 Å². The van der Waals surface area contributed by atoms with Crippen LogP contribution in [0.1, 0.15) is 11.4 Å². The number of alkyl halides is 3. The van der Waals surface area contributed by atoms with E-state index in [4.69, 9.17) is 5.14 Å². The summed E-state index contributed by atoms with van der Waals surface area (Å²) in [6.45, 7) is 1.76. The van der Waals surface area contributed by atoms with E-state index in [1.807, 2.05) is 0 Å². The summed E-state index contributed by atoms with van der Waals surface area (Å²) in [5.41, 5.74) is -0.151. The molecule has 136 valence electrons. The van der Waals surface area contributed by atoms with Crippen LogP contribution >= 0.6 is 0 Å². The molecule has 0 atom stereocenters. The molecule has 0 unspecified atom stereocenters. The zero-order valence-corrected chi connectivity index (χ0v) is 14.2. The molecule has 0 saturated carbocycles. The third-order valence-corrected chi connectivity index (χ3v) is 4.56. The topological polar surface area (TPSA) is 102 Å². The minimum atomic E-state index is -4.67. The van der Waals surface area contributed by atoms with Gasteiger partial charge in [-0.25, -0.2) is 18.5 Å². The van der Waals surface area contributed by atoms with E-state index >= 15 is 0 Å². The number of H-pyrrole nitrogens is 1. The fourth-order valence-corrected chi connectivity index (χ4v) is 2.85. The van der Waals surface area contributed by atoms with E-state index < -0.39 is 21.9 Å². The van der Waals surface area contributed by atoms with Crippen molar-refractivity contribution < 1.29 is 21.6 Å². The van der Waals surface area contributed by atoms with E-state index in [9.17, 15) is 21.6 Å². The maximum Gasteiger partial charge on any atom is 0.433 e. The van der Waals surface area contributed by atoms with Crippen molar-refractivity contribution in [3.05, 3.63) is 54.0 Å². The Morgan fingerprint density at radius 2 is 1.65 bits per heavy atom. The van der Waals surface area contributed by atoms with Gasteiger partial charge in [0.1, 0.15) is 17.2 Å². The van der Waals surface area contributed by atoms with Crippen LogP contribution in [0, 0.1) is 6.92 Å². The highest BCUT2D eigenvalue weighted by Gasteiger charge is 2.37. The standard InChI is InChI=1S/C16H13F3N4O2S/c1-9-2-3-11(8-21-9)15-22-13(14(23-15)16(17,18)19)10-4-6-12(7-5-10)26(20,24)25/h2-8H,1H3,(H,22,23)(H2,20,24,25). The normalized spacial score (nSPS) is 12.3. The lowest BCUT2D eigenvalue weighted by Gasteiger charge is -2.07. The lowest BCUT2D eigenvalue weighted by Crippen LogP contribution is -2.12. The van der Waals surface area contributed by atoms with Crippen molar-refractivity contribution in [3.63, 3.8) is 0 Å². The molecule has 3 rings (SSSR count). The van der Waals surface area contributed by atoms with Gasteiger partial charge in [0.2, 0.25) is 10.0 Å². The van der Waals surface area contributed by atoms with E-state index in [1.54, 1.807) is 19.1 Å². The van der Waals surface area contributed by atoms with Crippen LogP contribution in [-0.4, -0.2) is 23.4 Å². The van der Waals surface area contributed by atoms with Crippen molar-refractivity contribution in [3.8, 4) is 22.6 Å². The Morgan fingerprint density at radius 3 is 2.15 bits per heavy atom. The molecule has 2 aromatic heterocycles. The molecule has 2 heterocycles. The molecule has 3 N–H and O–H groups in total. The number of imidazole rings is 1. The second kappa shape index (κ2) is 6.22. The van der Waals surface area contributed by atoms with E-state index in [1.165, 1.54) is 18.3 Å². The maximum absolute atomic E-state index is 13.4. The average Bonchev–Trinajstić information content (AvgIpc) is 3.00. The second-order valence-electron chi connectivity index (χ2n) is 5.56. The van der Waals surface area contributed by atoms with E-state index in [0.29, 0.717) is 5.56 Å². The molecule has 0 aliphatic rings. The third kappa shape index (κ3) is 3.60. The van der Waals surface area contributed by atoms with Gasteiger partial charge >= 0.3 is 6.18 Å². The Kier molecular flexibility index (Phi) is 4.32. The number of aryl methyl sites for hydroxylation is 1. The van der Waals surface area contributed by atoms with Gasteiger partial charge in [0.05, 0.1) is 4.90 Å². The van der Waals surface area contributed by atoms with Gasteiger partial charge in [-0.05, 0) is 31.2 Å². The summed E-state index contributed by atoms with van der Waals surface area (Å²) in [7, 11) is -3.94. The number of aromatic amines is 1. The Balaban J connectivity index is 2.12. The van der Waals surface area contributed by atoms with Crippen LogP contribution in [0.2, 0.25) is 0 Å².